The molecule has 0 atom stereocenters. The van der Waals surface area contributed by atoms with Gasteiger partial charge < -0.3 is 0 Å². The lowest BCUT2D eigenvalue weighted by atomic mass is 9.92. The minimum Gasteiger partial charge on any atom is -0.265 e. The molecule has 0 aliphatic heterocycles. The fourth-order valence-electron chi connectivity index (χ4n) is 6.67. The Balaban J connectivity index is 1.16. The molecule has 0 bridgehead atoms. The van der Waals surface area contributed by atoms with Crippen LogP contribution in [0.5, 0.6) is 0 Å². The van der Waals surface area contributed by atoms with Crippen molar-refractivity contribution in [3.05, 3.63) is 176 Å². The molecule has 9 aromatic rings. The largest absolute Gasteiger partial charge is 0.265 e. The monoisotopic (exact) mass is 639 g/mol. The van der Waals surface area contributed by atoms with Gasteiger partial charge in [0.15, 0.2) is 0 Å². The van der Waals surface area contributed by atoms with Gasteiger partial charge in [0, 0.05) is 46.5 Å². The van der Waals surface area contributed by atoms with Gasteiger partial charge in [0.05, 0.1) is 34.0 Å². The van der Waals surface area contributed by atoms with Crippen LogP contribution in [0.3, 0.4) is 0 Å². The third-order valence-electron chi connectivity index (χ3n) is 9.09. The summed E-state index contributed by atoms with van der Waals surface area (Å²) < 4.78 is 0. The van der Waals surface area contributed by atoms with Crippen LogP contribution in [0.4, 0.5) is 0 Å². The van der Waals surface area contributed by atoms with Gasteiger partial charge in [-0.25, -0.2) is 9.97 Å². The summed E-state index contributed by atoms with van der Waals surface area (Å²) in [5.74, 6) is 0. The lowest BCUT2D eigenvalue weighted by Crippen LogP contribution is -1.94. The molecule has 9 rings (SSSR count). The highest BCUT2D eigenvalue weighted by Gasteiger charge is 2.16. The zero-order valence-electron chi connectivity index (χ0n) is 27.0. The van der Waals surface area contributed by atoms with Gasteiger partial charge in [-0.15, -0.1) is 0 Å². The van der Waals surface area contributed by atoms with Gasteiger partial charge in [-0.3, -0.25) is 15.0 Å². The number of aromatic nitrogens is 5. The Morgan fingerprint density at radius 2 is 0.980 bits per heavy atom. The second kappa shape index (κ2) is 12.6. The lowest BCUT2D eigenvalue weighted by molar-refractivity contribution is 1.22. The van der Waals surface area contributed by atoms with E-state index in [1.807, 2.05) is 54.9 Å². The number of rotatable bonds is 6. The van der Waals surface area contributed by atoms with Gasteiger partial charge in [0.1, 0.15) is 0 Å². The van der Waals surface area contributed by atoms with E-state index in [2.05, 4.69) is 124 Å². The highest BCUT2D eigenvalue weighted by Crippen LogP contribution is 2.40. The van der Waals surface area contributed by atoms with Crippen molar-refractivity contribution in [2.45, 2.75) is 0 Å². The number of hydrogen-bond acceptors (Lipinski definition) is 5. The van der Waals surface area contributed by atoms with Crippen LogP contribution in [0, 0.1) is 0 Å². The third kappa shape index (κ3) is 5.47. The Morgan fingerprint density at radius 1 is 0.340 bits per heavy atom. The Labute approximate surface area is 289 Å². The van der Waals surface area contributed by atoms with E-state index in [-0.39, 0.29) is 0 Å². The molecule has 234 valence electrons. The maximum atomic E-state index is 5.31. The molecule has 0 saturated carbocycles. The Morgan fingerprint density at radius 3 is 1.64 bits per heavy atom. The highest BCUT2D eigenvalue weighted by atomic mass is 14.8. The molecule has 0 radical (unpaired) electrons. The van der Waals surface area contributed by atoms with Crippen LogP contribution >= 0.6 is 0 Å². The number of nitrogens with zero attached hydrogens (tertiary/aromatic N) is 5. The summed E-state index contributed by atoms with van der Waals surface area (Å²) in [6.07, 6.45) is 7.29. The van der Waals surface area contributed by atoms with Crippen molar-refractivity contribution in [3.63, 3.8) is 0 Å². The first-order valence-electron chi connectivity index (χ1n) is 16.6. The van der Waals surface area contributed by atoms with Crippen molar-refractivity contribution < 1.29 is 0 Å². The number of hydrogen-bond donors (Lipinski definition) is 0. The second-order valence-electron chi connectivity index (χ2n) is 12.2. The average molecular weight is 640 g/mol. The maximum Gasteiger partial charge on any atom is 0.0900 e. The van der Waals surface area contributed by atoms with Crippen molar-refractivity contribution in [2.75, 3.05) is 0 Å². The molecular weight excluding hydrogens is 611 g/mol. The fourth-order valence-corrected chi connectivity index (χ4v) is 6.67. The molecule has 4 aromatic carbocycles. The maximum absolute atomic E-state index is 5.31. The molecule has 5 heteroatoms. The molecule has 0 saturated heterocycles. The molecule has 0 N–H and O–H groups in total. The number of benzene rings is 4. The van der Waals surface area contributed by atoms with Crippen molar-refractivity contribution >= 4 is 21.7 Å². The molecule has 0 aliphatic rings. The smallest absolute Gasteiger partial charge is 0.0900 e. The van der Waals surface area contributed by atoms with Gasteiger partial charge in [-0.05, 0) is 88.0 Å². The molecule has 5 heterocycles. The molecule has 0 amide bonds. The van der Waals surface area contributed by atoms with E-state index in [9.17, 15) is 0 Å². The van der Waals surface area contributed by atoms with Crippen molar-refractivity contribution in [1.29, 1.82) is 0 Å². The van der Waals surface area contributed by atoms with Crippen LogP contribution in [0.1, 0.15) is 0 Å². The molecule has 0 aliphatic carbocycles. The van der Waals surface area contributed by atoms with Crippen LogP contribution in [-0.4, -0.2) is 24.9 Å². The van der Waals surface area contributed by atoms with Gasteiger partial charge in [0.25, 0.3) is 0 Å². The first-order valence-corrected chi connectivity index (χ1v) is 16.6. The predicted octanol–water partition coefficient (Wildman–Crippen LogP) is 11.0. The second-order valence-corrected chi connectivity index (χ2v) is 12.2. The molecule has 50 heavy (non-hydrogen) atoms. The first kappa shape index (κ1) is 29.3. The molecule has 0 spiro atoms. The normalized spacial score (nSPS) is 11.2. The van der Waals surface area contributed by atoms with E-state index in [0.29, 0.717) is 0 Å². The Bertz CT molecular complexity index is 2550. The highest BCUT2D eigenvalue weighted by molar-refractivity contribution is 6.17. The summed E-state index contributed by atoms with van der Waals surface area (Å²) in [5.41, 5.74) is 12.9. The van der Waals surface area contributed by atoms with Gasteiger partial charge in [0.2, 0.25) is 0 Å². The average Bonchev–Trinajstić information content (AvgIpc) is 3.21. The van der Waals surface area contributed by atoms with E-state index >= 15 is 0 Å². The van der Waals surface area contributed by atoms with E-state index in [1.54, 1.807) is 12.4 Å². The fraction of sp³-hybridized carbons (Fsp3) is 0. The standard InChI is InChI=1S/C45H29N5/c1-2-9-33(10-3-1)45-38-12-8-11-36(32-21-25-46-26-22-32)44(38)37-20-19-34(27-41(37)50-45)30-15-17-31(18-16-30)35-28-42(39-13-4-6-23-47-39)49-43(29-35)40-14-5-7-24-48-40/h1-29H. The minimum atomic E-state index is 0.806. The number of pyridine rings is 5. The Kier molecular flexibility index (Phi) is 7.41. The summed E-state index contributed by atoms with van der Waals surface area (Å²) in [6, 6.07) is 52.4. The van der Waals surface area contributed by atoms with Crippen molar-refractivity contribution in [1.82, 2.24) is 24.9 Å². The summed E-state index contributed by atoms with van der Waals surface area (Å²) in [5, 5.41) is 3.44. The topological polar surface area (TPSA) is 64.5 Å². The number of fused-ring (bicyclic) bond motifs is 3. The van der Waals surface area contributed by atoms with Crippen LogP contribution in [-0.2, 0) is 0 Å². The third-order valence-corrected chi connectivity index (χ3v) is 9.09. The van der Waals surface area contributed by atoms with Crippen LogP contribution in [0.25, 0.3) is 89.1 Å². The molecular formula is C45H29N5. The van der Waals surface area contributed by atoms with Crippen LogP contribution < -0.4 is 0 Å². The SMILES string of the molecule is c1ccc(-c2nc3cc(-c4ccc(-c5cc(-c6ccccn6)nc(-c6ccccn6)c5)cc4)ccc3c3c(-c4ccncc4)cccc23)cc1. The van der Waals surface area contributed by atoms with Gasteiger partial charge in [-0.2, -0.15) is 0 Å². The quantitative estimate of drug-likeness (QED) is 0.169. The summed E-state index contributed by atoms with van der Waals surface area (Å²) in [6.45, 7) is 0. The molecule has 0 unspecified atom stereocenters. The molecule has 5 aromatic heterocycles. The van der Waals surface area contributed by atoms with Crippen molar-refractivity contribution in [3.8, 4) is 67.4 Å². The lowest BCUT2D eigenvalue weighted by Gasteiger charge is -2.15. The summed E-state index contributed by atoms with van der Waals surface area (Å²) in [7, 11) is 0. The summed E-state index contributed by atoms with van der Waals surface area (Å²) >= 11 is 0. The first-order chi connectivity index (χ1) is 24.8. The van der Waals surface area contributed by atoms with E-state index < -0.39 is 0 Å². The zero-order chi connectivity index (χ0) is 33.3. The predicted molar refractivity (Wildman–Crippen MR) is 203 cm³/mol. The molecule has 5 nitrogen and oxygen atoms in total. The van der Waals surface area contributed by atoms with Crippen molar-refractivity contribution in [2.24, 2.45) is 0 Å². The molecule has 0 fully saturated rings. The zero-order valence-corrected chi connectivity index (χ0v) is 27.0. The van der Waals surface area contributed by atoms with E-state index in [0.717, 1.165) is 78.1 Å². The van der Waals surface area contributed by atoms with E-state index in [4.69, 9.17) is 9.97 Å². The van der Waals surface area contributed by atoms with Crippen LogP contribution in [0.2, 0.25) is 0 Å². The summed E-state index contributed by atoms with van der Waals surface area (Å²) in [4.78, 5) is 23.6. The van der Waals surface area contributed by atoms with Crippen LogP contribution in [0.15, 0.2) is 176 Å². The van der Waals surface area contributed by atoms with Gasteiger partial charge in [-0.1, -0.05) is 97.1 Å². The minimum absolute atomic E-state index is 0.806. The Hall–Kier alpha value is -6.85. The van der Waals surface area contributed by atoms with E-state index in [1.165, 1.54) is 10.9 Å². The van der Waals surface area contributed by atoms with Gasteiger partial charge >= 0.3 is 0 Å².